The molecule has 0 fully saturated rings. The minimum atomic E-state index is -0.827. The van der Waals surface area contributed by atoms with Crippen LogP contribution in [0.4, 0.5) is 0 Å². The molecule has 0 bridgehead atoms. The quantitative estimate of drug-likeness (QED) is 0.0261. The van der Waals surface area contributed by atoms with Gasteiger partial charge in [-0.1, -0.05) is 245 Å². The van der Waals surface area contributed by atoms with Crippen molar-refractivity contribution in [1.29, 1.82) is 0 Å². The monoisotopic (exact) mass is 983 g/mol. The molecule has 0 rings (SSSR count). The van der Waals surface area contributed by atoms with E-state index in [0.29, 0.717) is 12.8 Å². The summed E-state index contributed by atoms with van der Waals surface area (Å²) in [7, 11) is 0. The first-order valence-electron chi connectivity index (χ1n) is 29.0. The predicted octanol–water partition coefficient (Wildman–Crippen LogP) is 19.6. The van der Waals surface area contributed by atoms with Gasteiger partial charge in [0.05, 0.1) is 6.42 Å². The Labute approximate surface area is 437 Å². The molecule has 0 aromatic carbocycles. The van der Waals surface area contributed by atoms with E-state index >= 15 is 0 Å². The zero-order chi connectivity index (χ0) is 51.4. The summed E-state index contributed by atoms with van der Waals surface area (Å²) in [6.45, 7) is 6.31. The Balaban J connectivity index is 4.49. The van der Waals surface area contributed by atoms with Crippen LogP contribution in [0.3, 0.4) is 0 Å². The maximum Gasteiger partial charge on any atom is 0.309 e. The lowest BCUT2D eigenvalue weighted by molar-refractivity contribution is -0.166. The smallest absolute Gasteiger partial charge is 0.309 e. The molecular formula is C65H106O6. The molecule has 0 aromatic heterocycles. The first kappa shape index (κ1) is 66.8. The largest absolute Gasteiger partial charge is 0.462 e. The first-order chi connectivity index (χ1) is 35.0. The van der Waals surface area contributed by atoms with Crippen molar-refractivity contribution in [2.45, 2.75) is 258 Å². The SMILES string of the molecule is CC/C=C\C/C=C\C/C=C\C/C=C\C/C=C\CC(=O)OCC(COC(=O)CCCCCCCCCC/C=C\C/C=C\C/C=C\C/C=C\CC)OC(=O)CCCCCCCCC/C=C\CCCCCCCC. The van der Waals surface area contributed by atoms with Crippen LogP contribution in [0.2, 0.25) is 0 Å². The van der Waals surface area contributed by atoms with E-state index in [1.807, 2.05) is 6.08 Å². The molecule has 0 aliphatic heterocycles. The van der Waals surface area contributed by atoms with E-state index in [1.54, 1.807) is 6.08 Å². The van der Waals surface area contributed by atoms with Crippen LogP contribution < -0.4 is 0 Å². The van der Waals surface area contributed by atoms with Gasteiger partial charge in [-0.2, -0.15) is 0 Å². The molecule has 402 valence electrons. The standard InChI is InChI=1S/C65H106O6/c1-4-7-10-13-16-19-22-25-28-30-31-32-33-35-37-40-43-46-49-52-55-58-64(67)70-61-62(60-69-63(66)57-54-51-48-45-42-39-36-27-24-21-18-15-12-9-6-3)71-65(68)59-56-53-50-47-44-41-38-34-29-26-23-20-17-14-11-8-5-2/h7,9-10,12,16,18-19,21,25-29,31-32,36,42,45,51,54,62H,4-6,8,11,13-15,17,20,22-24,30,33-35,37-41,43-44,46-50,52-53,55-61H2,1-3H3/b10-7-,12-9-,19-16-,21-18-,28-25-,29-26-,32-31-,36-27-,45-42-,54-51-. The molecule has 0 radical (unpaired) electrons. The normalized spacial score (nSPS) is 13.0. The molecule has 0 amide bonds. The molecule has 0 spiro atoms. The van der Waals surface area contributed by atoms with Gasteiger partial charge >= 0.3 is 17.9 Å². The van der Waals surface area contributed by atoms with Crippen molar-refractivity contribution in [3.05, 3.63) is 122 Å². The van der Waals surface area contributed by atoms with Crippen LogP contribution in [-0.2, 0) is 28.6 Å². The molecule has 0 saturated heterocycles. The molecule has 0 saturated carbocycles. The molecule has 0 N–H and O–H groups in total. The van der Waals surface area contributed by atoms with E-state index < -0.39 is 12.1 Å². The van der Waals surface area contributed by atoms with E-state index in [4.69, 9.17) is 14.2 Å². The van der Waals surface area contributed by atoms with Crippen LogP contribution in [0.1, 0.15) is 252 Å². The highest BCUT2D eigenvalue weighted by Gasteiger charge is 2.19. The van der Waals surface area contributed by atoms with Crippen LogP contribution >= 0.6 is 0 Å². The average Bonchev–Trinajstić information content (AvgIpc) is 3.37. The number of hydrogen-bond acceptors (Lipinski definition) is 6. The molecule has 1 atom stereocenters. The lowest BCUT2D eigenvalue weighted by atomic mass is 10.1. The number of ether oxygens (including phenoxy) is 3. The third-order valence-corrected chi connectivity index (χ3v) is 12.0. The van der Waals surface area contributed by atoms with Gasteiger partial charge in [0.15, 0.2) is 6.10 Å². The van der Waals surface area contributed by atoms with Gasteiger partial charge in [-0.25, -0.2) is 0 Å². The second-order valence-corrected chi connectivity index (χ2v) is 18.8. The summed E-state index contributed by atoms with van der Waals surface area (Å²) in [5.74, 6) is -1.06. The Morgan fingerprint density at radius 1 is 0.310 bits per heavy atom. The van der Waals surface area contributed by atoms with Gasteiger partial charge in [-0.05, 0) is 109 Å². The summed E-state index contributed by atoms with van der Waals surface area (Å²) in [4.78, 5) is 38.1. The number of allylic oxidation sites excluding steroid dienone is 19. The van der Waals surface area contributed by atoms with Crippen LogP contribution in [0.25, 0.3) is 0 Å². The van der Waals surface area contributed by atoms with Crippen molar-refractivity contribution in [1.82, 2.24) is 0 Å². The first-order valence-corrected chi connectivity index (χ1v) is 29.0. The Morgan fingerprint density at radius 3 is 1.00 bits per heavy atom. The molecular weight excluding hydrogens is 877 g/mol. The Bertz CT molecular complexity index is 1500. The van der Waals surface area contributed by atoms with E-state index in [2.05, 4.69) is 130 Å². The van der Waals surface area contributed by atoms with Gasteiger partial charge in [0.1, 0.15) is 13.2 Å². The fraction of sp³-hybridized carbons (Fsp3) is 0.646. The van der Waals surface area contributed by atoms with Crippen molar-refractivity contribution in [2.24, 2.45) is 0 Å². The molecule has 6 heteroatoms. The molecule has 0 aromatic rings. The number of hydrogen-bond donors (Lipinski definition) is 0. The van der Waals surface area contributed by atoms with Gasteiger partial charge < -0.3 is 14.2 Å². The van der Waals surface area contributed by atoms with E-state index in [-0.39, 0.29) is 31.6 Å². The van der Waals surface area contributed by atoms with E-state index in [9.17, 15) is 14.4 Å². The van der Waals surface area contributed by atoms with Crippen molar-refractivity contribution < 1.29 is 28.6 Å². The summed E-state index contributed by atoms with van der Waals surface area (Å²) in [5, 5.41) is 0. The number of unbranched alkanes of at least 4 members (excludes halogenated alkanes) is 21. The minimum Gasteiger partial charge on any atom is -0.462 e. The van der Waals surface area contributed by atoms with Gasteiger partial charge in [-0.15, -0.1) is 0 Å². The van der Waals surface area contributed by atoms with Crippen molar-refractivity contribution in [3.63, 3.8) is 0 Å². The van der Waals surface area contributed by atoms with E-state index in [0.717, 1.165) is 103 Å². The summed E-state index contributed by atoms with van der Waals surface area (Å²) in [5.41, 5.74) is 0. The average molecular weight is 984 g/mol. The fourth-order valence-corrected chi connectivity index (χ4v) is 7.68. The Morgan fingerprint density at radius 2 is 0.606 bits per heavy atom. The molecule has 0 aliphatic carbocycles. The van der Waals surface area contributed by atoms with Crippen LogP contribution in [0, 0.1) is 0 Å². The second-order valence-electron chi connectivity index (χ2n) is 18.8. The summed E-state index contributed by atoms with van der Waals surface area (Å²) < 4.78 is 16.8. The summed E-state index contributed by atoms with van der Waals surface area (Å²) >= 11 is 0. The molecule has 71 heavy (non-hydrogen) atoms. The van der Waals surface area contributed by atoms with Crippen molar-refractivity contribution in [2.75, 3.05) is 13.2 Å². The summed E-state index contributed by atoms with van der Waals surface area (Å²) in [6.07, 6.45) is 80.7. The number of carbonyl (C=O) groups excluding carboxylic acids is 3. The second kappa shape index (κ2) is 58.4. The topological polar surface area (TPSA) is 78.9 Å². The number of carbonyl (C=O) groups is 3. The van der Waals surface area contributed by atoms with E-state index in [1.165, 1.54) is 109 Å². The number of rotatable bonds is 51. The molecule has 0 aliphatic rings. The third-order valence-electron chi connectivity index (χ3n) is 12.0. The molecule has 1 unspecified atom stereocenters. The molecule has 6 nitrogen and oxygen atoms in total. The van der Waals surface area contributed by atoms with Gasteiger partial charge in [0.25, 0.3) is 0 Å². The highest BCUT2D eigenvalue weighted by Crippen LogP contribution is 2.14. The fourth-order valence-electron chi connectivity index (χ4n) is 7.68. The van der Waals surface area contributed by atoms with Crippen molar-refractivity contribution >= 4 is 17.9 Å². The van der Waals surface area contributed by atoms with Gasteiger partial charge in [-0.3, -0.25) is 14.4 Å². The van der Waals surface area contributed by atoms with Crippen LogP contribution in [-0.4, -0.2) is 37.2 Å². The lowest BCUT2D eigenvalue weighted by Gasteiger charge is -2.18. The highest BCUT2D eigenvalue weighted by molar-refractivity contribution is 5.72. The summed E-state index contributed by atoms with van der Waals surface area (Å²) in [6, 6.07) is 0. The van der Waals surface area contributed by atoms with Crippen LogP contribution in [0.5, 0.6) is 0 Å². The number of esters is 3. The van der Waals surface area contributed by atoms with Crippen molar-refractivity contribution in [3.8, 4) is 0 Å². The third kappa shape index (κ3) is 56.6. The lowest BCUT2D eigenvalue weighted by Crippen LogP contribution is -2.30. The van der Waals surface area contributed by atoms with Gasteiger partial charge in [0.2, 0.25) is 0 Å². The highest BCUT2D eigenvalue weighted by atomic mass is 16.6. The Hall–Kier alpha value is -4.19. The maximum atomic E-state index is 12.9. The Kier molecular flexibility index (Phi) is 54.9. The van der Waals surface area contributed by atoms with Crippen LogP contribution in [0.15, 0.2) is 122 Å². The maximum absolute atomic E-state index is 12.9. The predicted molar refractivity (Wildman–Crippen MR) is 306 cm³/mol. The van der Waals surface area contributed by atoms with Gasteiger partial charge in [0, 0.05) is 12.8 Å². The minimum absolute atomic E-state index is 0.116. The zero-order valence-electron chi connectivity index (χ0n) is 45.9. The molecule has 0 heterocycles. The zero-order valence-corrected chi connectivity index (χ0v) is 45.9.